The summed E-state index contributed by atoms with van der Waals surface area (Å²) in [6.07, 6.45) is 3.44. The van der Waals surface area contributed by atoms with E-state index in [0.29, 0.717) is 24.3 Å². The van der Waals surface area contributed by atoms with Crippen molar-refractivity contribution in [1.29, 1.82) is 0 Å². The average molecular weight is 473 g/mol. The molecule has 0 N–H and O–H groups in total. The Labute approximate surface area is 197 Å². The molecule has 3 aromatic rings. The molecule has 0 aromatic heterocycles. The fourth-order valence-corrected chi connectivity index (χ4v) is 4.24. The van der Waals surface area contributed by atoms with Gasteiger partial charge in [-0.25, -0.2) is 17.6 Å². The Hall–Kier alpha value is -2.70. The Morgan fingerprint density at radius 1 is 0.706 bits per heavy atom. The van der Waals surface area contributed by atoms with Gasteiger partial charge in [0.05, 0.1) is 13.2 Å². The lowest BCUT2D eigenvalue weighted by Crippen LogP contribution is -2.27. The van der Waals surface area contributed by atoms with Crippen LogP contribution in [-0.4, -0.2) is 13.2 Å². The first-order chi connectivity index (χ1) is 16.4. The highest BCUT2D eigenvalue weighted by Crippen LogP contribution is 2.34. The highest BCUT2D eigenvalue weighted by Gasteiger charge is 2.28. The topological polar surface area (TPSA) is 18.5 Å². The van der Waals surface area contributed by atoms with Gasteiger partial charge < -0.3 is 9.47 Å². The lowest BCUT2D eigenvalue weighted by Gasteiger charge is -2.30. The molecule has 1 aliphatic rings. The summed E-state index contributed by atoms with van der Waals surface area (Å²) in [5, 5.41) is 0. The first kappa shape index (κ1) is 24.4. The highest BCUT2D eigenvalue weighted by atomic mass is 19.2. The standard InChI is InChI=1S/C28H28F4O2/c1-3-4-5-6-18-15-33-28(34-16-18)23-14-13-22(26(31)27(23)32)20-10-8-19(9-11-20)21-12-7-17(2)24(29)25(21)30/h7-14,18,28H,3-6,15-16H2,1-2H3. The molecule has 6 heteroatoms. The normalized spacial score (nSPS) is 18.3. The molecule has 2 nitrogen and oxygen atoms in total. The summed E-state index contributed by atoms with van der Waals surface area (Å²) in [4.78, 5) is 0. The van der Waals surface area contributed by atoms with Gasteiger partial charge in [0.2, 0.25) is 0 Å². The molecule has 0 radical (unpaired) electrons. The van der Waals surface area contributed by atoms with Crippen molar-refractivity contribution in [2.75, 3.05) is 13.2 Å². The number of hydrogen-bond donors (Lipinski definition) is 0. The van der Waals surface area contributed by atoms with Crippen LogP contribution in [0.1, 0.15) is 50.0 Å². The maximum absolute atomic E-state index is 15.0. The maximum Gasteiger partial charge on any atom is 0.186 e. The summed E-state index contributed by atoms with van der Waals surface area (Å²) in [6.45, 7) is 4.54. The van der Waals surface area contributed by atoms with Crippen LogP contribution in [0.4, 0.5) is 17.6 Å². The van der Waals surface area contributed by atoms with Crippen molar-refractivity contribution in [2.24, 2.45) is 5.92 Å². The summed E-state index contributed by atoms with van der Waals surface area (Å²) < 4.78 is 69.5. The van der Waals surface area contributed by atoms with E-state index < -0.39 is 29.6 Å². The minimum Gasteiger partial charge on any atom is -0.348 e. The number of aryl methyl sites for hydroxylation is 1. The van der Waals surface area contributed by atoms with Crippen molar-refractivity contribution in [3.63, 3.8) is 0 Å². The molecule has 3 aromatic carbocycles. The third kappa shape index (κ3) is 5.03. The van der Waals surface area contributed by atoms with E-state index in [4.69, 9.17) is 9.47 Å². The van der Waals surface area contributed by atoms with Gasteiger partial charge in [0.1, 0.15) is 0 Å². The summed E-state index contributed by atoms with van der Waals surface area (Å²) in [6, 6.07) is 12.2. The van der Waals surface area contributed by atoms with Crippen LogP contribution in [0.3, 0.4) is 0 Å². The SMILES string of the molecule is CCCCCC1COC(c2ccc(-c3ccc(-c4ccc(C)c(F)c4F)cc3)c(F)c2F)OC1. The molecular formula is C28H28F4O2. The van der Waals surface area contributed by atoms with Gasteiger partial charge in [0.15, 0.2) is 29.6 Å². The quantitative estimate of drug-likeness (QED) is 0.255. The van der Waals surface area contributed by atoms with E-state index in [-0.39, 0.29) is 28.2 Å². The Morgan fingerprint density at radius 3 is 1.85 bits per heavy atom. The summed E-state index contributed by atoms with van der Waals surface area (Å²) >= 11 is 0. The van der Waals surface area contributed by atoms with E-state index in [0.717, 1.165) is 25.7 Å². The van der Waals surface area contributed by atoms with Crippen molar-refractivity contribution >= 4 is 0 Å². The molecule has 0 spiro atoms. The molecule has 0 amide bonds. The van der Waals surface area contributed by atoms with Crippen molar-refractivity contribution in [2.45, 2.75) is 45.8 Å². The lowest BCUT2D eigenvalue weighted by atomic mass is 9.97. The van der Waals surface area contributed by atoms with Crippen molar-refractivity contribution in [3.8, 4) is 22.3 Å². The van der Waals surface area contributed by atoms with Gasteiger partial charge in [-0.1, -0.05) is 74.7 Å². The van der Waals surface area contributed by atoms with Gasteiger partial charge in [-0.15, -0.1) is 0 Å². The molecule has 1 fully saturated rings. The van der Waals surface area contributed by atoms with Gasteiger partial charge in [0.25, 0.3) is 0 Å². The second kappa shape index (κ2) is 10.7. The molecule has 4 rings (SSSR count). The van der Waals surface area contributed by atoms with Crippen LogP contribution in [0.2, 0.25) is 0 Å². The predicted octanol–water partition coefficient (Wildman–Crippen LogP) is 8.13. The van der Waals surface area contributed by atoms with Crippen LogP contribution < -0.4 is 0 Å². The maximum atomic E-state index is 15.0. The fraction of sp³-hybridized carbons (Fsp3) is 0.357. The van der Waals surface area contributed by atoms with Gasteiger partial charge in [-0.05, 0) is 30.0 Å². The van der Waals surface area contributed by atoms with Crippen LogP contribution in [0.5, 0.6) is 0 Å². The van der Waals surface area contributed by atoms with Crippen LogP contribution in [0, 0.1) is 36.1 Å². The summed E-state index contributed by atoms with van der Waals surface area (Å²) in [5.41, 5.74) is 1.28. The second-order valence-corrected chi connectivity index (χ2v) is 8.83. The molecule has 0 atom stereocenters. The number of rotatable bonds is 7. The van der Waals surface area contributed by atoms with E-state index in [1.807, 2.05) is 0 Å². The molecule has 180 valence electrons. The molecule has 0 unspecified atom stereocenters. The number of halogens is 4. The zero-order chi connectivity index (χ0) is 24.2. The third-order valence-electron chi connectivity index (χ3n) is 6.33. The number of unbranched alkanes of at least 4 members (excludes halogenated alkanes) is 2. The molecule has 0 saturated carbocycles. The third-order valence-corrected chi connectivity index (χ3v) is 6.33. The van der Waals surface area contributed by atoms with Gasteiger partial charge in [0, 0.05) is 22.6 Å². The van der Waals surface area contributed by atoms with Crippen molar-refractivity contribution in [1.82, 2.24) is 0 Å². The number of benzene rings is 3. The van der Waals surface area contributed by atoms with Crippen LogP contribution >= 0.6 is 0 Å². The first-order valence-electron chi connectivity index (χ1n) is 11.7. The molecular weight excluding hydrogens is 444 g/mol. The van der Waals surface area contributed by atoms with Crippen molar-refractivity contribution < 1.29 is 27.0 Å². The highest BCUT2D eigenvalue weighted by molar-refractivity contribution is 5.71. The van der Waals surface area contributed by atoms with E-state index in [1.165, 1.54) is 31.2 Å². The van der Waals surface area contributed by atoms with E-state index in [1.54, 1.807) is 24.3 Å². The minimum atomic E-state index is -1.01. The van der Waals surface area contributed by atoms with Gasteiger partial charge in [-0.2, -0.15) is 0 Å². The second-order valence-electron chi connectivity index (χ2n) is 8.83. The molecule has 0 bridgehead atoms. The zero-order valence-electron chi connectivity index (χ0n) is 19.3. The first-order valence-corrected chi connectivity index (χ1v) is 11.7. The van der Waals surface area contributed by atoms with Gasteiger partial charge in [-0.3, -0.25) is 0 Å². The van der Waals surface area contributed by atoms with Crippen LogP contribution in [0.25, 0.3) is 22.3 Å². The smallest absolute Gasteiger partial charge is 0.186 e. The fourth-order valence-electron chi connectivity index (χ4n) is 4.24. The lowest BCUT2D eigenvalue weighted by molar-refractivity contribution is -0.207. The Bertz CT molecular complexity index is 1140. The molecule has 34 heavy (non-hydrogen) atoms. The van der Waals surface area contributed by atoms with Gasteiger partial charge >= 0.3 is 0 Å². The zero-order valence-corrected chi connectivity index (χ0v) is 19.3. The number of hydrogen-bond acceptors (Lipinski definition) is 2. The van der Waals surface area contributed by atoms with Crippen LogP contribution in [0.15, 0.2) is 48.5 Å². The summed E-state index contributed by atoms with van der Waals surface area (Å²) in [7, 11) is 0. The van der Waals surface area contributed by atoms with Crippen molar-refractivity contribution in [3.05, 3.63) is 82.9 Å². The molecule has 1 saturated heterocycles. The molecule has 1 heterocycles. The molecule has 1 aliphatic heterocycles. The van der Waals surface area contributed by atoms with Crippen LogP contribution in [-0.2, 0) is 9.47 Å². The minimum absolute atomic E-state index is 0.0297. The van der Waals surface area contributed by atoms with E-state index >= 15 is 0 Å². The monoisotopic (exact) mass is 472 g/mol. The molecule has 0 aliphatic carbocycles. The average Bonchev–Trinajstić information content (AvgIpc) is 2.85. The Balaban J connectivity index is 1.50. The number of ether oxygens (including phenoxy) is 2. The Kier molecular flexibility index (Phi) is 7.69. The predicted molar refractivity (Wildman–Crippen MR) is 124 cm³/mol. The van der Waals surface area contributed by atoms with E-state index in [9.17, 15) is 17.6 Å². The van der Waals surface area contributed by atoms with E-state index in [2.05, 4.69) is 6.92 Å². The Morgan fingerprint density at radius 2 is 1.26 bits per heavy atom. The summed E-state index contributed by atoms with van der Waals surface area (Å²) in [5.74, 6) is -3.59. The largest absolute Gasteiger partial charge is 0.348 e.